The Kier molecular flexibility index (Phi) is 3.13. The highest BCUT2D eigenvalue weighted by molar-refractivity contribution is 5.75. The van der Waals surface area contributed by atoms with Gasteiger partial charge in [-0.3, -0.25) is 4.79 Å². The van der Waals surface area contributed by atoms with E-state index in [0.717, 1.165) is 6.29 Å². The maximum Gasteiger partial charge on any atom is 0.220 e. The van der Waals surface area contributed by atoms with Crippen LogP contribution in [-0.4, -0.2) is 11.3 Å². The molecule has 0 aliphatic heterocycles. The molecule has 1 heterocycles. The maximum atomic E-state index is 10.6. The Morgan fingerprint density at radius 3 is 2.82 bits per heavy atom. The number of carbonyl (C=O) groups is 1. The second kappa shape index (κ2) is 4.90. The van der Waals surface area contributed by atoms with Gasteiger partial charge in [-0.1, -0.05) is 18.2 Å². The number of ether oxygens (including phenoxy) is 1. The number of nitriles is 1. The maximum absolute atomic E-state index is 10.6. The van der Waals surface area contributed by atoms with Gasteiger partial charge in [0.05, 0.1) is 0 Å². The molecule has 1 aromatic heterocycles. The van der Waals surface area contributed by atoms with Crippen LogP contribution in [0.15, 0.2) is 42.5 Å². The van der Waals surface area contributed by atoms with Crippen molar-refractivity contribution in [3.8, 4) is 17.7 Å². The third-order valence-corrected chi connectivity index (χ3v) is 2.05. The summed E-state index contributed by atoms with van der Waals surface area (Å²) in [6.07, 6.45) is 0.742. The van der Waals surface area contributed by atoms with Gasteiger partial charge in [0.2, 0.25) is 5.88 Å². The Morgan fingerprint density at radius 1 is 1.24 bits per heavy atom. The molecule has 0 radical (unpaired) electrons. The average Bonchev–Trinajstić information content (AvgIpc) is 2.39. The van der Waals surface area contributed by atoms with Gasteiger partial charge < -0.3 is 4.74 Å². The van der Waals surface area contributed by atoms with E-state index in [1.807, 2.05) is 6.07 Å². The van der Waals surface area contributed by atoms with Crippen LogP contribution in [0, 0.1) is 11.3 Å². The molecule has 2 rings (SSSR count). The van der Waals surface area contributed by atoms with E-state index in [9.17, 15) is 4.79 Å². The second-order valence-corrected chi connectivity index (χ2v) is 3.27. The molecule has 2 aromatic rings. The normalized spacial score (nSPS) is 9.35. The van der Waals surface area contributed by atoms with Gasteiger partial charge in [0.15, 0.2) is 0 Å². The standard InChI is InChI=1S/C13H8N2O2/c14-8-11-4-2-6-13(15-11)17-12-5-1-3-10(7-12)9-16/h1-7,9H. The fourth-order valence-electron chi connectivity index (χ4n) is 1.31. The molecule has 4 heteroatoms. The summed E-state index contributed by atoms with van der Waals surface area (Å²) in [6, 6.07) is 13.6. The predicted octanol–water partition coefficient (Wildman–Crippen LogP) is 2.56. The van der Waals surface area contributed by atoms with Gasteiger partial charge in [-0.15, -0.1) is 0 Å². The van der Waals surface area contributed by atoms with Crippen molar-refractivity contribution in [2.24, 2.45) is 0 Å². The Hall–Kier alpha value is -2.67. The van der Waals surface area contributed by atoms with Crippen LogP contribution < -0.4 is 4.74 Å². The van der Waals surface area contributed by atoms with Crippen molar-refractivity contribution in [2.45, 2.75) is 0 Å². The minimum Gasteiger partial charge on any atom is -0.439 e. The van der Waals surface area contributed by atoms with Gasteiger partial charge in [0.25, 0.3) is 0 Å². The average molecular weight is 224 g/mol. The van der Waals surface area contributed by atoms with Gasteiger partial charge in [-0.2, -0.15) is 5.26 Å². The summed E-state index contributed by atoms with van der Waals surface area (Å²) in [4.78, 5) is 14.6. The van der Waals surface area contributed by atoms with E-state index in [1.165, 1.54) is 0 Å². The SMILES string of the molecule is N#Cc1cccc(Oc2cccc(C=O)c2)n1. The van der Waals surface area contributed by atoms with Gasteiger partial charge in [0, 0.05) is 11.6 Å². The van der Waals surface area contributed by atoms with Gasteiger partial charge in [0.1, 0.15) is 23.8 Å². The molecule has 82 valence electrons. The quantitative estimate of drug-likeness (QED) is 0.751. The number of hydrogen-bond acceptors (Lipinski definition) is 4. The van der Waals surface area contributed by atoms with E-state index in [1.54, 1.807) is 42.5 Å². The largest absolute Gasteiger partial charge is 0.439 e. The van der Waals surface area contributed by atoms with Crippen molar-refractivity contribution in [1.82, 2.24) is 4.98 Å². The number of pyridine rings is 1. The Labute approximate surface area is 98.1 Å². The first-order chi connectivity index (χ1) is 8.31. The van der Waals surface area contributed by atoms with Crippen molar-refractivity contribution < 1.29 is 9.53 Å². The van der Waals surface area contributed by atoms with Crippen LogP contribution in [0.25, 0.3) is 0 Å². The molecule has 0 aliphatic carbocycles. The number of nitrogens with zero attached hydrogens (tertiary/aromatic N) is 2. The van der Waals surface area contributed by atoms with Crippen molar-refractivity contribution in [1.29, 1.82) is 5.26 Å². The first-order valence-corrected chi connectivity index (χ1v) is 4.92. The first kappa shape index (κ1) is 10.8. The summed E-state index contributed by atoms with van der Waals surface area (Å²) in [5.41, 5.74) is 0.813. The number of aromatic nitrogens is 1. The Balaban J connectivity index is 2.25. The molecule has 0 spiro atoms. The molecule has 0 saturated heterocycles. The molecular weight excluding hydrogens is 216 g/mol. The summed E-state index contributed by atoms with van der Waals surface area (Å²) in [5.74, 6) is 0.837. The predicted molar refractivity (Wildman–Crippen MR) is 60.9 cm³/mol. The number of aldehydes is 1. The number of hydrogen-bond donors (Lipinski definition) is 0. The monoisotopic (exact) mass is 224 g/mol. The zero-order valence-corrected chi connectivity index (χ0v) is 8.83. The summed E-state index contributed by atoms with van der Waals surface area (Å²) < 4.78 is 5.44. The van der Waals surface area contributed by atoms with Gasteiger partial charge in [-0.05, 0) is 18.2 Å². The lowest BCUT2D eigenvalue weighted by molar-refractivity contribution is 0.112. The molecule has 0 amide bonds. The van der Waals surface area contributed by atoms with Crippen LogP contribution in [0.5, 0.6) is 11.6 Å². The molecule has 1 aromatic carbocycles. The molecule has 0 bridgehead atoms. The topological polar surface area (TPSA) is 63.0 Å². The van der Waals surface area contributed by atoms with Crippen LogP contribution in [0.3, 0.4) is 0 Å². The summed E-state index contributed by atoms with van der Waals surface area (Å²) in [6.45, 7) is 0. The van der Waals surface area contributed by atoms with E-state index in [-0.39, 0.29) is 5.69 Å². The Morgan fingerprint density at radius 2 is 2.06 bits per heavy atom. The van der Waals surface area contributed by atoms with E-state index >= 15 is 0 Å². The first-order valence-electron chi connectivity index (χ1n) is 4.92. The summed E-state index contributed by atoms with van der Waals surface area (Å²) >= 11 is 0. The molecule has 0 fully saturated rings. The van der Waals surface area contributed by atoms with Crippen LogP contribution in [0.4, 0.5) is 0 Å². The van der Waals surface area contributed by atoms with Gasteiger partial charge >= 0.3 is 0 Å². The van der Waals surface area contributed by atoms with Crippen LogP contribution in [-0.2, 0) is 0 Å². The summed E-state index contributed by atoms with van der Waals surface area (Å²) in [5, 5.41) is 8.70. The van der Waals surface area contributed by atoms with Crippen molar-refractivity contribution >= 4 is 6.29 Å². The van der Waals surface area contributed by atoms with E-state index < -0.39 is 0 Å². The smallest absolute Gasteiger partial charge is 0.220 e. The third-order valence-electron chi connectivity index (χ3n) is 2.05. The molecule has 17 heavy (non-hydrogen) atoms. The zero-order chi connectivity index (χ0) is 12.1. The van der Waals surface area contributed by atoms with E-state index in [0.29, 0.717) is 17.2 Å². The highest BCUT2D eigenvalue weighted by Gasteiger charge is 2.01. The minimum atomic E-state index is 0.286. The third kappa shape index (κ3) is 2.67. The lowest BCUT2D eigenvalue weighted by atomic mass is 10.2. The lowest BCUT2D eigenvalue weighted by Crippen LogP contribution is -1.90. The molecule has 4 nitrogen and oxygen atoms in total. The molecular formula is C13H8N2O2. The van der Waals surface area contributed by atoms with Crippen molar-refractivity contribution in [3.63, 3.8) is 0 Å². The fraction of sp³-hybridized carbons (Fsp3) is 0. The van der Waals surface area contributed by atoms with Crippen molar-refractivity contribution in [2.75, 3.05) is 0 Å². The molecule has 0 atom stereocenters. The number of carbonyl (C=O) groups excluding carboxylic acids is 1. The summed E-state index contributed by atoms with van der Waals surface area (Å²) in [7, 11) is 0. The molecule has 0 aliphatic rings. The zero-order valence-electron chi connectivity index (χ0n) is 8.83. The molecule has 0 N–H and O–H groups in total. The van der Waals surface area contributed by atoms with Crippen LogP contribution >= 0.6 is 0 Å². The minimum absolute atomic E-state index is 0.286. The van der Waals surface area contributed by atoms with Crippen molar-refractivity contribution in [3.05, 3.63) is 53.7 Å². The molecule has 0 unspecified atom stereocenters. The highest BCUT2D eigenvalue weighted by atomic mass is 16.5. The highest BCUT2D eigenvalue weighted by Crippen LogP contribution is 2.19. The second-order valence-electron chi connectivity index (χ2n) is 3.27. The van der Waals surface area contributed by atoms with Gasteiger partial charge in [-0.25, -0.2) is 4.98 Å². The lowest BCUT2D eigenvalue weighted by Gasteiger charge is -2.04. The number of benzene rings is 1. The van der Waals surface area contributed by atoms with Crippen LogP contribution in [0.2, 0.25) is 0 Å². The fourth-order valence-corrected chi connectivity index (χ4v) is 1.31. The Bertz CT molecular complexity index is 588. The van der Waals surface area contributed by atoms with E-state index in [4.69, 9.17) is 10.00 Å². The number of rotatable bonds is 3. The van der Waals surface area contributed by atoms with E-state index in [2.05, 4.69) is 4.98 Å². The molecule has 0 saturated carbocycles. The van der Waals surface area contributed by atoms with Crippen LogP contribution in [0.1, 0.15) is 16.1 Å².